The number of methoxy groups -OCH3 is 1. The Morgan fingerprint density at radius 2 is 2.18 bits per heavy atom. The Bertz CT molecular complexity index is 531. The molecule has 17 heavy (non-hydrogen) atoms. The number of hydrogen-bond acceptors (Lipinski definition) is 6. The minimum atomic E-state index is 0.0735. The third kappa shape index (κ3) is 2.26. The molecule has 0 aliphatic heterocycles. The first-order valence-corrected chi connectivity index (χ1v) is 4.91. The summed E-state index contributed by atoms with van der Waals surface area (Å²) in [4.78, 5) is 8.30. The topological polar surface area (TPSA) is 93.3 Å². The lowest BCUT2D eigenvalue weighted by molar-refractivity contribution is 0.373. The predicted octanol–water partition coefficient (Wildman–Crippen LogP) is 1.14. The van der Waals surface area contributed by atoms with Gasteiger partial charge in [0.15, 0.2) is 17.3 Å². The number of phenolic OH excluding ortho intramolecular Hbond substituents is 1. The zero-order valence-electron chi connectivity index (χ0n) is 9.21. The van der Waals surface area contributed by atoms with Gasteiger partial charge in [-0.2, -0.15) is 0 Å². The monoisotopic (exact) mass is 232 g/mol. The fourth-order valence-corrected chi connectivity index (χ4v) is 1.39. The Labute approximate surface area is 98.1 Å². The van der Waals surface area contributed by atoms with Gasteiger partial charge in [-0.05, 0) is 18.2 Å². The van der Waals surface area contributed by atoms with Crippen LogP contribution in [0.15, 0.2) is 30.5 Å². The van der Waals surface area contributed by atoms with E-state index in [2.05, 4.69) is 15.4 Å². The molecule has 1 aromatic heterocycles. The molecule has 0 saturated heterocycles. The quantitative estimate of drug-likeness (QED) is 0.543. The van der Waals surface area contributed by atoms with Crippen molar-refractivity contribution < 1.29 is 9.84 Å². The van der Waals surface area contributed by atoms with Crippen LogP contribution in [0.4, 0.5) is 5.82 Å². The molecule has 0 atom stereocenters. The molecule has 2 aromatic rings. The van der Waals surface area contributed by atoms with Crippen LogP contribution in [0.1, 0.15) is 0 Å². The van der Waals surface area contributed by atoms with E-state index in [0.717, 1.165) is 5.56 Å². The van der Waals surface area contributed by atoms with Crippen LogP contribution >= 0.6 is 0 Å². The lowest BCUT2D eigenvalue weighted by Gasteiger charge is -2.06. The lowest BCUT2D eigenvalue weighted by atomic mass is 10.2. The first kappa shape index (κ1) is 11.2. The lowest BCUT2D eigenvalue weighted by Crippen LogP contribution is -2.09. The van der Waals surface area contributed by atoms with Crippen molar-refractivity contribution in [3.05, 3.63) is 30.5 Å². The van der Waals surface area contributed by atoms with Gasteiger partial charge in [-0.3, -0.25) is 0 Å². The number of anilines is 1. The fourth-order valence-electron chi connectivity index (χ4n) is 1.39. The molecule has 0 fully saturated rings. The molecular weight excluding hydrogens is 220 g/mol. The van der Waals surface area contributed by atoms with Gasteiger partial charge in [-0.1, -0.05) is 0 Å². The first-order chi connectivity index (χ1) is 8.24. The van der Waals surface area contributed by atoms with Gasteiger partial charge in [-0.15, -0.1) is 0 Å². The van der Waals surface area contributed by atoms with Crippen molar-refractivity contribution in [1.82, 2.24) is 9.97 Å². The molecule has 6 heteroatoms. The van der Waals surface area contributed by atoms with E-state index in [1.807, 2.05) is 0 Å². The Kier molecular flexibility index (Phi) is 3.06. The van der Waals surface area contributed by atoms with Gasteiger partial charge < -0.3 is 15.3 Å². The highest BCUT2D eigenvalue weighted by atomic mass is 16.5. The second-order valence-electron chi connectivity index (χ2n) is 3.30. The zero-order valence-corrected chi connectivity index (χ0v) is 9.21. The molecule has 0 saturated carbocycles. The Hall–Kier alpha value is -2.34. The maximum atomic E-state index is 9.48. The molecule has 4 N–H and O–H groups in total. The largest absolute Gasteiger partial charge is 0.504 e. The van der Waals surface area contributed by atoms with Crippen LogP contribution in [0.3, 0.4) is 0 Å². The minimum absolute atomic E-state index is 0.0735. The van der Waals surface area contributed by atoms with E-state index in [9.17, 15) is 5.11 Å². The summed E-state index contributed by atoms with van der Waals surface area (Å²) >= 11 is 0. The number of benzene rings is 1. The second-order valence-corrected chi connectivity index (χ2v) is 3.30. The zero-order chi connectivity index (χ0) is 12.3. The number of nitrogens with one attached hydrogen (secondary N) is 1. The molecule has 0 aliphatic carbocycles. The van der Waals surface area contributed by atoms with E-state index in [4.69, 9.17) is 10.6 Å². The van der Waals surface area contributed by atoms with Gasteiger partial charge in [0.2, 0.25) is 0 Å². The van der Waals surface area contributed by atoms with E-state index in [-0.39, 0.29) is 5.75 Å². The number of nitrogens with two attached hydrogens (primary N) is 1. The molecule has 0 spiro atoms. The first-order valence-electron chi connectivity index (χ1n) is 4.91. The van der Waals surface area contributed by atoms with E-state index in [1.54, 1.807) is 24.4 Å². The molecule has 1 aromatic carbocycles. The van der Waals surface area contributed by atoms with Crippen LogP contribution in [-0.4, -0.2) is 22.2 Å². The van der Waals surface area contributed by atoms with Crippen molar-refractivity contribution in [2.24, 2.45) is 5.84 Å². The van der Waals surface area contributed by atoms with Gasteiger partial charge in [0.1, 0.15) is 5.82 Å². The van der Waals surface area contributed by atoms with Crippen LogP contribution in [0.25, 0.3) is 11.4 Å². The molecule has 1 heterocycles. The maximum absolute atomic E-state index is 9.48. The second kappa shape index (κ2) is 4.67. The van der Waals surface area contributed by atoms with E-state index in [0.29, 0.717) is 17.4 Å². The van der Waals surface area contributed by atoms with Gasteiger partial charge in [0.05, 0.1) is 7.11 Å². The SMILES string of the molecule is COc1cc(-c2nccc(NN)n2)ccc1O. The van der Waals surface area contributed by atoms with Crippen molar-refractivity contribution >= 4 is 5.82 Å². The summed E-state index contributed by atoms with van der Waals surface area (Å²) in [5.41, 5.74) is 3.18. The number of hydrogen-bond donors (Lipinski definition) is 3. The summed E-state index contributed by atoms with van der Waals surface area (Å²) in [6.07, 6.45) is 1.59. The molecule has 0 unspecified atom stereocenters. The third-order valence-electron chi connectivity index (χ3n) is 2.24. The number of aromatic nitrogens is 2. The molecule has 6 nitrogen and oxygen atoms in total. The summed E-state index contributed by atoms with van der Waals surface area (Å²) in [5.74, 6) is 6.73. The molecule has 2 rings (SSSR count). The Morgan fingerprint density at radius 3 is 2.88 bits per heavy atom. The summed E-state index contributed by atoms with van der Waals surface area (Å²) < 4.78 is 5.02. The predicted molar refractivity (Wildman–Crippen MR) is 63.5 cm³/mol. The normalized spacial score (nSPS) is 10.0. The molecule has 0 amide bonds. The summed E-state index contributed by atoms with van der Waals surface area (Å²) in [6.45, 7) is 0. The average Bonchev–Trinajstić information content (AvgIpc) is 2.39. The van der Waals surface area contributed by atoms with Crippen LogP contribution in [0, 0.1) is 0 Å². The number of aromatic hydroxyl groups is 1. The molecular formula is C11H12N4O2. The van der Waals surface area contributed by atoms with E-state index >= 15 is 0 Å². The van der Waals surface area contributed by atoms with Crippen LogP contribution in [0.2, 0.25) is 0 Å². The highest BCUT2D eigenvalue weighted by Gasteiger charge is 2.07. The highest BCUT2D eigenvalue weighted by molar-refractivity contribution is 5.61. The van der Waals surface area contributed by atoms with Crippen molar-refractivity contribution in [3.63, 3.8) is 0 Å². The molecule has 0 bridgehead atoms. The van der Waals surface area contributed by atoms with Crippen LogP contribution in [0.5, 0.6) is 11.5 Å². The fraction of sp³-hybridized carbons (Fsp3) is 0.0909. The maximum Gasteiger partial charge on any atom is 0.161 e. The molecule has 88 valence electrons. The van der Waals surface area contributed by atoms with Crippen molar-refractivity contribution in [1.29, 1.82) is 0 Å². The smallest absolute Gasteiger partial charge is 0.161 e. The number of ether oxygens (including phenoxy) is 1. The summed E-state index contributed by atoms with van der Waals surface area (Å²) in [5, 5.41) is 9.48. The van der Waals surface area contributed by atoms with Gasteiger partial charge >= 0.3 is 0 Å². The summed E-state index contributed by atoms with van der Waals surface area (Å²) in [6, 6.07) is 6.54. The number of hydrazine groups is 1. The van der Waals surface area contributed by atoms with E-state index < -0.39 is 0 Å². The Balaban J connectivity index is 2.45. The van der Waals surface area contributed by atoms with Gasteiger partial charge in [0.25, 0.3) is 0 Å². The number of phenols is 1. The molecule has 0 aliphatic rings. The van der Waals surface area contributed by atoms with Crippen molar-refractivity contribution in [2.45, 2.75) is 0 Å². The van der Waals surface area contributed by atoms with Crippen LogP contribution < -0.4 is 16.0 Å². The number of rotatable bonds is 3. The number of nitrogens with zero attached hydrogens (tertiary/aromatic N) is 2. The average molecular weight is 232 g/mol. The number of nitrogen functional groups attached to an aromatic ring is 1. The highest BCUT2D eigenvalue weighted by Crippen LogP contribution is 2.30. The van der Waals surface area contributed by atoms with E-state index in [1.165, 1.54) is 13.2 Å². The van der Waals surface area contributed by atoms with Gasteiger partial charge in [-0.25, -0.2) is 15.8 Å². The Morgan fingerprint density at radius 1 is 1.35 bits per heavy atom. The van der Waals surface area contributed by atoms with Crippen LogP contribution in [-0.2, 0) is 0 Å². The third-order valence-corrected chi connectivity index (χ3v) is 2.24. The van der Waals surface area contributed by atoms with Crippen molar-refractivity contribution in [2.75, 3.05) is 12.5 Å². The van der Waals surface area contributed by atoms with Crippen molar-refractivity contribution in [3.8, 4) is 22.9 Å². The van der Waals surface area contributed by atoms with Gasteiger partial charge in [0, 0.05) is 17.8 Å². The minimum Gasteiger partial charge on any atom is -0.504 e. The standard InChI is InChI=1S/C11H12N4O2/c1-17-9-6-7(2-3-8(9)16)11-13-5-4-10(14-11)15-12/h2-6,16H,12H2,1H3,(H,13,14,15). The molecule has 0 radical (unpaired) electrons. The summed E-state index contributed by atoms with van der Waals surface area (Å²) in [7, 11) is 1.48.